The van der Waals surface area contributed by atoms with Gasteiger partial charge in [-0.3, -0.25) is 19.2 Å². The number of amides is 2. The number of terminal acetylenes is 1. The molecule has 2 N–H and O–H groups in total. The Kier molecular flexibility index (Phi) is 8.11. The highest BCUT2D eigenvalue weighted by Crippen LogP contribution is 2.28. The van der Waals surface area contributed by atoms with Crippen molar-refractivity contribution in [3.8, 4) is 18.1 Å². The molecule has 34 heavy (non-hydrogen) atoms. The molecule has 1 fully saturated rings. The molecule has 3 rings (SSSR count). The number of ketones is 2. The molecule has 1 aliphatic rings. The highest BCUT2D eigenvalue weighted by atomic mass is 16.5. The Labute approximate surface area is 199 Å². The van der Waals surface area contributed by atoms with Crippen molar-refractivity contribution in [3.63, 3.8) is 0 Å². The SMILES string of the molecule is C#CC(=O)N(CC(=O)[C@@H](CC(=O)c1cc2c(OC)cccc2[nH]1)CC(C)C)C[C@@H]1CCNC1=O. The maximum Gasteiger partial charge on any atom is 0.298 e. The van der Waals surface area contributed by atoms with Gasteiger partial charge in [-0.15, -0.1) is 6.42 Å². The van der Waals surface area contributed by atoms with Crippen LogP contribution >= 0.6 is 0 Å². The van der Waals surface area contributed by atoms with E-state index in [2.05, 4.69) is 16.2 Å². The van der Waals surface area contributed by atoms with Crippen molar-refractivity contribution < 1.29 is 23.9 Å². The third-order valence-electron chi connectivity index (χ3n) is 6.15. The first-order valence-corrected chi connectivity index (χ1v) is 11.5. The van der Waals surface area contributed by atoms with Crippen LogP contribution in [-0.4, -0.2) is 60.0 Å². The summed E-state index contributed by atoms with van der Waals surface area (Å²) < 4.78 is 5.36. The van der Waals surface area contributed by atoms with Crippen LogP contribution in [0.1, 0.15) is 43.6 Å². The van der Waals surface area contributed by atoms with Gasteiger partial charge >= 0.3 is 0 Å². The van der Waals surface area contributed by atoms with E-state index in [0.29, 0.717) is 30.8 Å². The topological polar surface area (TPSA) is 109 Å². The average Bonchev–Trinajstić information content (AvgIpc) is 3.43. The summed E-state index contributed by atoms with van der Waals surface area (Å²) in [6, 6.07) is 7.24. The number of nitrogens with zero attached hydrogens (tertiary/aromatic N) is 1. The Morgan fingerprint density at radius 3 is 2.68 bits per heavy atom. The van der Waals surface area contributed by atoms with Gasteiger partial charge in [0.1, 0.15) is 5.75 Å². The minimum absolute atomic E-state index is 0.00808. The number of aromatic amines is 1. The number of rotatable bonds is 11. The Balaban J connectivity index is 1.76. The molecule has 0 aliphatic carbocycles. The third kappa shape index (κ3) is 5.84. The zero-order valence-corrected chi connectivity index (χ0v) is 19.8. The van der Waals surface area contributed by atoms with Crippen molar-refractivity contribution in [1.29, 1.82) is 0 Å². The number of nitrogens with one attached hydrogen (secondary N) is 2. The molecule has 1 aromatic heterocycles. The minimum atomic E-state index is -0.634. The molecule has 2 heterocycles. The molecule has 8 nitrogen and oxygen atoms in total. The minimum Gasteiger partial charge on any atom is -0.496 e. The van der Waals surface area contributed by atoms with E-state index in [1.807, 2.05) is 32.0 Å². The van der Waals surface area contributed by atoms with E-state index >= 15 is 0 Å². The number of H-pyrrole nitrogens is 1. The lowest BCUT2D eigenvalue weighted by Crippen LogP contribution is -2.42. The summed E-state index contributed by atoms with van der Waals surface area (Å²) >= 11 is 0. The number of hydrogen-bond acceptors (Lipinski definition) is 5. The molecule has 180 valence electrons. The number of ether oxygens (including phenoxy) is 1. The summed E-state index contributed by atoms with van der Waals surface area (Å²) in [6.45, 7) is 4.36. The summed E-state index contributed by atoms with van der Waals surface area (Å²) in [4.78, 5) is 55.0. The Hall–Kier alpha value is -3.60. The van der Waals surface area contributed by atoms with Gasteiger partial charge in [-0.05, 0) is 42.9 Å². The second-order valence-corrected chi connectivity index (χ2v) is 9.13. The van der Waals surface area contributed by atoms with Gasteiger partial charge in [0.05, 0.1) is 25.3 Å². The number of hydrogen-bond donors (Lipinski definition) is 2. The second-order valence-electron chi connectivity index (χ2n) is 9.13. The molecule has 1 aliphatic heterocycles. The summed E-state index contributed by atoms with van der Waals surface area (Å²) in [5.74, 6) is 0.692. The Morgan fingerprint density at radius 2 is 2.06 bits per heavy atom. The van der Waals surface area contributed by atoms with Crippen molar-refractivity contribution in [2.24, 2.45) is 17.8 Å². The number of Topliss-reactive ketones (excluding diaryl/α,β-unsaturated/α-hetero) is 2. The van der Waals surface area contributed by atoms with Crippen LogP contribution < -0.4 is 10.1 Å². The monoisotopic (exact) mass is 465 g/mol. The first kappa shape index (κ1) is 25.0. The number of carbonyl (C=O) groups excluding carboxylic acids is 4. The molecule has 1 aromatic carbocycles. The summed E-state index contributed by atoms with van der Waals surface area (Å²) in [5, 5.41) is 3.52. The fourth-order valence-corrected chi connectivity index (χ4v) is 4.40. The molecule has 0 spiro atoms. The summed E-state index contributed by atoms with van der Waals surface area (Å²) in [5.41, 5.74) is 1.18. The normalized spacial score (nSPS) is 16.2. The maximum atomic E-state index is 13.3. The van der Waals surface area contributed by atoms with E-state index in [0.717, 1.165) is 10.9 Å². The molecule has 2 amide bonds. The summed E-state index contributed by atoms with van der Waals surface area (Å²) in [7, 11) is 1.57. The van der Waals surface area contributed by atoms with Crippen LogP contribution in [0.15, 0.2) is 24.3 Å². The van der Waals surface area contributed by atoms with Gasteiger partial charge in [-0.25, -0.2) is 0 Å². The van der Waals surface area contributed by atoms with E-state index in [4.69, 9.17) is 11.2 Å². The third-order valence-corrected chi connectivity index (χ3v) is 6.15. The maximum absolute atomic E-state index is 13.3. The van der Waals surface area contributed by atoms with Crippen LogP contribution in [0.4, 0.5) is 0 Å². The highest BCUT2D eigenvalue weighted by Gasteiger charge is 2.31. The molecule has 2 atom stereocenters. The van der Waals surface area contributed by atoms with E-state index in [1.165, 1.54) is 4.90 Å². The van der Waals surface area contributed by atoms with Crippen LogP contribution in [0.5, 0.6) is 5.75 Å². The molecule has 0 bridgehead atoms. The van der Waals surface area contributed by atoms with Gasteiger partial charge in [0.25, 0.3) is 5.91 Å². The van der Waals surface area contributed by atoms with E-state index < -0.39 is 17.7 Å². The van der Waals surface area contributed by atoms with E-state index in [1.54, 1.807) is 13.2 Å². The van der Waals surface area contributed by atoms with Gasteiger partial charge in [-0.2, -0.15) is 0 Å². The smallest absolute Gasteiger partial charge is 0.298 e. The zero-order chi connectivity index (χ0) is 24.8. The van der Waals surface area contributed by atoms with Crippen LogP contribution in [-0.2, 0) is 14.4 Å². The number of carbonyl (C=O) groups is 4. The Bertz CT molecular complexity index is 1130. The van der Waals surface area contributed by atoms with Crippen molar-refractivity contribution in [1.82, 2.24) is 15.2 Å². The fraction of sp³-hybridized carbons (Fsp3) is 0.462. The summed E-state index contributed by atoms with van der Waals surface area (Å²) in [6.07, 6.45) is 6.40. The lowest BCUT2D eigenvalue weighted by Gasteiger charge is -2.25. The van der Waals surface area contributed by atoms with Crippen molar-refractivity contribution >= 4 is 34.3 Å². The van der Waals surface area contributed by atoms with Crippen LogP contribution in [0.2, 0.25) is 0 Å². The predicted molar refractivity (Wildman–Crippen MR) is 128 cm³/mol. The largest absolute Gasteiger partial charge is 0.496 e. The first-order chi connectivity index (χ1) is 16.2. The van der Waals surface area contributed by atoms with Crippen LogP contribution in [0.25, 0.3) is 10.9 Å². The molecule has 0 saturated carbocycles. The van der Waals surface area contributed by atoms with E-state index in [-0.39, 0.29) is 42.9 Å². The van der Waals surface area contributed by atoms with Gasteiger partial charge in [-0.1, -0.05) is 19.9 Å². The van der Waals surface area contributed by atoms with E-state index in [9.17, 15) is 19.2 Å². The molecular weight excluding hydrogens is 434 g/mol. The van der Waals surface area contributed by atoms with Gasteiger partial charge < -0.3 is 19.9 Å². The first-order valence-electron chi connectivity index (χ1n) is 11.5. The van der Waals surface area contributed by atoms with Crippen molar-refractivity contribution in [2.75, 3.05) is 26.7 Å². The molecule has 1 saturated heterocycles. The van der Waals surface area contributed by atoms with Crippen molar-refractivity contribution in [2.45, 2.75) is 33.1 Å². The van der Waals surface area contributed by atoms with Gasteiger partial charge in [0.2, 0.25) is 5.91 Å². The quantitative estimate of drug-likeness (QED) is 0.392. The van der Waals surface area contributed by atoms with Crippen LogP contribution in [0.3, 0.4) is 0 Å². The molecule has 0 radical (unpaired) electrons. The highest BCUT2D eigenvalue weighted by molar-refractivity contribution is 6.03. The fourth-order valence-electron chi connectivity index (χ4n) is 4.40. The average molecular weight is 466 g/mol. The number of benzene rings is 1. The Morgan fingerprint density at radius 1 is 1.29 bits per heavy atom. The van der Waals surface area contributed by atoms with Crippen LogP contribution in [0, 0.1) is 30.1 Å². The van der Waals surface area contributed by atoms with Crippen molar-refractivity contribution in [3.05, 3.63) is 30.0 Å². The molecule has 8 heteroatoms. The van der Waals surface area contributed by atoms with Gasteiger partial charge in [0, 0.05) is 36.3 Å². The molecule has 0 unspecified atom stereocenters. The molecular formula is C26H31N3O5. The predicted octanol–water partition coefficient (Wildman–Crippen LogP) is 2.58. The zero-order valence-electron chi connectivity index (χ0n) is 19.8. The molecule has 2 aromatic rings. The number of aromatic nitrogens is 1. The standard InChI is InChI=1S/C26H31N3O5/c1-5-25(32)29(14-17-9-10-27-26(17)33)15-23(31)18(11-16(2)3)12-22(30)21-13-19-20(28-21)7-6-8-24(19)34-4/h1,6-8,13,16-18,28H,9-12,14-15H2,2-4H3,(H,27,33)/t17-,18+/m0/s1. The number of fused-ring (bicyclic) bond motifs is 1. The lowest BCUT2D eigenvalue weighted by molar-refractivity contribution is -0.134. The van der Waals surface area contributed by atoms with Gasteiger partial charge in [0.15, 0.2) is 11.6 Å². The second kappa shape index (κ2) is 11.0. The lowest BCUT2D eigenvalue weighted by atomic mass is 9.88. The number of methoxy groups -OCH3 is 1.